The second kappa shape index (κ2) is 4.35. The number of anilines is 1. The fourth-order valence-corrected chi connectivity index (χ4v) is 1.93. The van der Waals surface area contributed by atoms with Crippen LogP contribution in [0.1, 0.15) is 23.2 Å². The minimum absolute atomic E-state index is 0.254. The van der Waals surface area contributed by atoms with E-state index in [0.717, 1.165) is 0 Å². The average molecular weight is 219 g/mol. The van der Waals surface area contributed by atoms with Crippen LogP contribution >= 0.6 is 0 Å². The highest BCUT2D eigenvalue weighted by atomic mass is 16.4. The minimum atomic E-state index is -0.924. The number of Topliss-reactive ketones (excluding diaryl/α,β-unsaturated/α-hetero) is 1. The number of ketones is 1. The molecule has 1 aliphatic rings. The lowest BCUT2D eigenvalue weighted by molar-refractivity contribution is -0.119. The molecule has 4 heteroatoms. The van der Waals surface area contributed by atoms with E-state index in [2.05, 4.69) is 0 Å². The third-order valence-corrected chi connectivity index (χ3v) is 2.80. The van der Waals surface area contributed by atoms with Crippen LogP contribution in [0.4, 0.5) is 5.69 Å². The molecule has 1 saturated heterocycles. The molecule has 0 radical (unpaired) electrons. The highest BCUT2D eigenvalue weighted by Gasteiger charge is 2.20. The molecule has 4 nitrogen and oxygen atoms in total. The van der Waals surface area contributed by atoms with Gasteiger partial charge in [-0.15, -0.1) is 0 Å². The minimum Gasteiger partial charge on any atom is -0.478 e. The molecule has 1 N–H and O–H groups in total. The van der Waals surface area contributed by atoms with Crippen LogP contribution in [0, 0.1) is 0 Å². The van der Waals surface area contributed by atoms with Crippen LogP contribution in [0.2, 0.25) is 0 Å². The lowest BCUT2D eigenvalue weighted by atomic mass is 10.1. The van der Waals surface area contributed by atoms with Crippen molar-refractivity contribution in [2.24, 2.45) is 0 Å². The monoisotopic (exact) mass is 219 g/mol. The van der Waals surface area contributed by atoms with Crippen LogP contribution in [0.5, 0.6) is 0 Å². The zero-order chi connectivity index (χ0) is 11.5. The highest BCUT2D eigenvalue weighted by Crippen LogP contribution is 2.23. The molecule has 0 amide bonds. The Balaban J connectivity index is 2.26. The van der Waals surface area contributed by atoms with Crippen LogP contribution in [-0.2, 0) is 4.79 Å². The molecule has 16 heavy (non-hydrogen) atoms. The number of carbonyl (C=O) groups excluding carboxylic acids is 1. The molecule has 84 valence electrons. The lowest BCUT2D eigenvalue weighted by Gasteiger charge is -2.29. The molecule has 0 aliphatic carbocycles. The van der Waals surface area contributed by atoms with E-state index in [0.29, 0.717) is 37.2 Å². The highest BCUT2D eigenvalue weighted by molar-refractivity contribution is 5.95. The molecule has 0 saturated carbocycles. The van der Waals surface area contributed by atoms with Gasteiger partial charge in [0.25, 0.3) is 0 Å². The molecule has 0 bridgehead atoms. The summed E-state index contributed by atoms with van der Waals surface area (Å²) in [5, 5.41) is 9.05. The van der Waals surface area contributed by atoms with E-state index in [4.69, 9.17) is 5.11 Å². The summed E-state index contributed by atoms with van der Waals surface area (Å²) in [6.45, 7) is 1.23. The molecule has 1 aliphatic heterocycles. The van der Waals surface area contributed by atoms with Gasteiger partial charge < -0.3 is 10.0 Å². The predicted octanol–water partition coefficient (Wildman–Crippen LogP) is 1.55. The van der Waals surface area contributed by atoms with Gasteiger partial charge in [-0.1, -0.05) is 12.1 Å². The number of hydrogen-bond acceptors (Lipinski definition) is 3. The first-order valence-corrected chi connectivity index (χ1v) is 5.27. The third kappa shape index (κ3) is 2.05. The summed E-state index contributed by atoms with van der Waals surface area (Å²) in [5.41, 5.74) is 1.01. The number of piperidine rings is 1. The van der Waals surface area contributed by atoms with E-state index < -0.39 is 5.97 Å². The van der Waals surface area contributed by atoms with Gasteiger partial charge in [0.1, 0.15) is 5.78 Å². The Morgan fingerprint density at radius 2 is 1.81 bits per heavy atom. The maximum atomic E-state index is 11.1. The summed E-state index contributed by atoms with van der Waals surface area (Å²) < 4.78 is 0. The van der Waals surface area contributed by atoms with Crippen molar-refractivity contribution in [3.05, 3.63) is 29.8 Å². The average Bonchev–Trinajstić information content (AvgIpc) is 2.30. The first-order valence-electron chi connectivity index (χ1n) is 5.27. The number of carboxylic acid groups (broad SMARTS) is 1. The molecule has 1 heterocycles. The van der Waals surface area contributed by atoms with Crippen molar-refractivity contribution in [3.8, 4) is 0 Å². The number of para-hydroxylation sites is 1. The van der Waals surface area contributed by atoms with Crippen molar-refractivity contribution in [2.45, 2.75) is 12.8 Å². The summed E-state index contributed by atoms with van der Waals surface area (Å²) in [6.07, 6.45) is 1.02. The van der Waals surface area contributed by atoms with Gasteiger partial charge in [0, 0.05) is 25.9 Å². The number of rotatable bonds is 2. The van der Waals surface area contributed by atoms with E-state index in [1.54, 1.807) is 18.2 Å². The molecule has 0 unspecified atom stereocenters. The lowest BCUT2D eigenvalue weighted by Crippen LogP contribution is -2.34. The zero-order valence-electron chi connectivity index (χ0n) is 8.85. The molecule has 2 rings (SSSR count). The van der Waals surface area contributed by atoms with E-state index in [1.165, 1.54) is 0 Å². The van der Waals surface area contributed by atoms with Gasteiger partial charge in [0.15, 0.2) is 0 Å². The van der Waals surface area contributed by atoms with Gasteiger partial charge in [0.05, 0.1) is 11.3 Å². The Morgan fingerprint density at radius 1 is 1.19 bits per heavy atom. The van der Waals surface area contributed by atoms with Crippen molar-refractivity contribution in [2.75, 3.05) is 18.0 Å². The van der Waals surface area contributed by atoms with Crippen molar-refractivity contribution in [1.29, 1.82) is 0 Å². The quantitative estimate of drug-likeness (QED) is 0.820. The SMILES string of the molecule is O=C1CCN(c2ccccc2C(=O)O)CC1. The fourth-order valence-electron chi connectivity index (χ4n) is 1.93. The Kier molecular flexibility index (Phi) is 2.90. The van der Waals surface area contributed by atoms with Gasteiger partial charge in [-0.25, -0.2) is 4.79 Å². The summed E-state index contributed by atoms with van der Waals surface area (Å²) in [7, 11) is 0. The first-order chi connectivity index (χ1) is 7.68. The predicted molar refractivity (Wildman–Crippen MR) is 59.9 cm³/mol. The molecular formula is C12H13NO3. The molecular weight excluding hydrogens is 206 g/mol. The molecule has 0 spiro atoms. The van der Waals surface area contributed by atoms with Crippen molar-refractivity contribution < 1.29 is 14.7 Å². The maximum absolute atomic E-state index is 11.1. The van der Waals surface area contributed by atoms with Crippen LogP contribution in [0.3, 0.4) is 0 Å². The number of benzene rings is 1. The number of nitrogens with zero attached hydrogens (tertiary/aromatic N) is 1. The van der Waals surface area contributed by atoms with E-state index >= 15 is 0 Å². The standard InChI is InChI=1S/C12H13NO3/c14-9-5-7-13(8-6-9)11-4-2-1-3-10(11)12(15)16/h1-4H,5-8H2,(H,15,16). The Bertz CT molecular complexity index is 418. The number of hydrogen-bond donors (Lipinski definition) is 1. The van der Waals surface area contributed by atoms with Crippen molar-refractivity contribution in [3.63, 3.8) is 0 Å². The van der Waals surface area contributed by atoms with Crippen LogP contribution in [0.15, 0.2) is 24.3 Å². The van der Waals surface area contributed by atoms with Crippen molar-refractivity contribution in [1.82, 2.24) is 0 Å². The van der Waals surface area contributed by atoms with E-state index in [9.17, 15) is 9.59 Å². The molecule has 1 aromatic carbocycles. The number of aromatic carboxylic acids is 1. The molecule has 1 fully saturated rings. The van der Waals surface area contributed by atoms with Crippen molar-refractivity contribution >= 4 is 17.4 Å². The largest absolute Gasteiger partial charge is 0.478 e. The first kappa shape index (κ1) is 10.7. The Hall–Kier alpha value is -1.84. The fraction of sp³-hybridized carbons (Fsp3) is 0.333. The second-order valence-corrected chi connectivity index (χ2v) is 3.85. The smallest absolute Gasteiger partial charge is 0.337 e. The van der Waals surface area contributed by atoms with Gasteiger partial charge in [-0.05, 0) is 12.1 Å². The summed E-state index contributed by atoms with van der Waals surface area (Å²) >= 11 is 0. The Morgan fingerprint density at radius 3 is 2.44 bits per heavy atom. The van der Waals surface area contributed by atoms with Crippen LogP contribution in [-0.4, -0.2) is 29.9 Å². The normalized spacial score (nSPS) is 16.2. The van der Waals surface area contributed by atoms with Gasteiger partial charge in [-0.2, -0.15) is 0 Å². The van der Waals surface area contributed by atoms with Gasteiger partial charge >= 0.3 is 5.97 Å². The number of carbonyl (C=O) groups is 2. The summed E-state index contributed by atoms with van der Waals surface area (Å²) in [4.78, 5) is 24.1. The Labute approximate surface area is 93.5 Å². The van der Waals surface area contributed by atoms with Crippen LogP contribution < -0.4 is 4.90 Å². The van der Waals surface area contributed by atoms with Crippen LogP contribution in [0.25, 0.3) is 0 Å². The second-order valence-electron chi connectivity index (χ2n) is 3.85. The summed E-state index contributed by atoms with van der Waals surface area (Å²) in [6, 6.07) is 6.91. The van der Waals surface area contributed by atoms with E-state index in [1.807, 2.05) is 11.0 Å². The van der Waals surface area contributed by atoms with Gasteiger partial charge in [-0.3, -0.25) is 4.79 Å². The third-order valence-electron chi connectivity index (χ3n) is 2.80. The zero-order valence-corrected chi connectivity index (χ0v) is 8.85. The van der Waals surface area contributed by atoms with E-state index in [-0.39, 0.29) is 5.78 Å². The molecule has 1 aromatic rings. The summed E-state index contributed by atoms with van der Waals surface area (Å²) in [5.74, 6) is -0.670. The molecule has 0 atom stereocenters. The topological polar surface area (TPSA) is 57.6 Å². The maximum Gasteiger partial charge on any atom is 0.337 e. The van der Waals surface area contributed by atoms with Gasteiger partial charge in [0.2, 0.25) is 0 Å². The number of carboxylic acids is 1. The molecule has 0 aromatic heterocycles.